The molecule has 0 saturated heterocycles. The van der Waals surface area contributed by atoms with Crippen molar-refractivity contribution >= 4 is 23.2 Å². The second kappa shape index (κ2) is 4.57. The number of nitrogens with two attached hydrogens (primary N) is 1. The molecule has 0 aromatic heterocycles. The van der Waals surface area contributed by atoms with Crippen LogP contribution in [0.4, 0.5) is 5.69 Å². The molecule has 0 aliphatic carbocycles. The van der Waals surface area contributed by atoms with Gasteiger partial charge in [-0.15, -0.1) is 0 Å². The quantitative estimate of drug-likeness (QED) is 0.897. The van der Waals surface area contributed by atoms with Crippen LogP contribution in [0.2, 0.25) is 5.02 Å². The van der Waals surface area contributed by atoms with Crippen LogP contribution >= 0.6 is 11.6 Å². The first-order chi connectivity index (χ1) is 8.07. The first-order valence-corrected chi connectivity index (χ1v) is 6.30. The number of nitrogens with zero attached hydrogens (tertiary/aromatic N) is 2. The second-order valence-electron chi connectivity index (χ2n) is 4.73. The number of hydrogen-bond donors (Lipinski definition) is 1. The van der Waals surface area contributed by atoms with Crippen molar-refractivity contribution in [3.63, 3.8) is 0 Å². The molecule has 0 bridgehead atoms. The Labute approximate surface area is 107 Å². The third-order valence-corrected chi connectivity index (χ3v) is 3.48. The first kappa shape index (κ1) is 12.2. The molecule has 4 heteroatoms. The summed E-state index contributed by atoms with van der Waals surface area (Å²) in [7, 11) is 0. The van der Waals surface area contributed by atoms with Crippen LogP contribution in [0.25, 0.3) is 0 Å². The summed E-state index contributed by atoms with van der Waals surface area (Å²) < 4.78 is 0. The summed E-state index contributed by atoms with van der Waals surface area (Å²) in [4.78, 5) is 6.49. The number of hydrogen-bond acceptors (Lipinski definition) is 3. The Kier molecular flexibility index (Phi) is 3.29. The maximum absolute atomic E-state index is 6.00. The lowest BCUT2D eigenvalue weighted by Gasteiger charge is -2.36. The smallest absolute Gasteiger partial charge is 0.196 e. The first-order valence-electron chi connectivity index (χ1n) is 5.92. The number of guanidine groups is 1. The molecule has 2 N–H and O–H groups in total. The molecule has 0 amide bonds. The average Bonchev–Trinajstić information content (AvgIpc) is 2.57. The van der Waals surface area contributed by atoms with Gasteiger partial charge in [0.05, 0.1) is 12.1 Å². The van der Waals surface area contributed by atoms with Gasteiger partial charge >= 0.3 is 0 Å². The normalized spacial score (nSPS) is 23.9. The summed E-state index contributed by atoms with van der Waals surface area (Å²) in [5, 5.41) is 0.737. The van der Waals surface area contributed by atoms with Gasteiger partial charge in [-0.25, -0.2) is 0 Å². The summed E-state index contributed by atoms with van der Waals surface area (Å²) in [6, 6.07) is 7.75. The monoisotopic (exact) mass is 251 g/mol. The van der Waals surface area contributed by atoms with Gasteiger partial charge in [-0.2, -0.15) is 0 Å². The molecule has 92 valence electrons. The van der Waals surface area contributed by atoms with E-state index in [-0.39, 0.29) is 5.54 Å². The zero-order valence-corrected chi connectivity index (χ0v) is 11.0. The van der Waals surface area contributed by atoms with Crippen LogP contribution in [0.5, 0.6) is 0 Å². The van der Waals surface area contributed by atoms with E-state index in [0.717, 1.165) is 30.1 Å². The van der Waals surface area contributed by atoms with Crippen molar-refractivity contribution in [3.8, 4) is 0 Å². The Bertz CT molecular complexity index is 427. The minimum absolute atomic E-state index is 0.00728. The standard InChI is InChI=1S/C13H18ClN3/c1-3-8-13(2)9-16-12(15)17(13)11-6-4-10(14)5-7-11/h4-7H,3,8-9H2,1-2H3,(H2,15,16). The van der Waals surface area contributed by atoms with Gasteiger partial charge in [0.1, 0.15) is 0 Å². The molecule has 1 atom stereocenters. The van der Waals surface area contributed by atoms with E-state index in [4.69, 9.17) is 17.3 Å². The van der Waals surface area contributed by atoms with Crippen molar-refractivity contribution in [2.24, 2.45) is 10.7 Å². The van der Waals surface area contributed by atoms with E-state index in [0.29, 0.717) is 5.96 Å². The van der Waals surface area contributed by atoms with E-state index in [9.17, 15) is 0 Å². The Morgan fingerprint density at radius 2 is 2.06 bits per heavy atom. The fraction of sp³-hybridized carbons (Fsp3) is 0.462. The van der Waals surface area contributed by atoms with E-state index in [1.165, 1.54) is 0 Å². The Balaban J connectivity index is 2.33. The van der Waals surface area contributed by atoms with Crippen LogP contribution in [0.3, 0.4) is 0 Å². The molecule has 17 heavy (non-hydrogen) atoms. The molecule has 3 nitrogen and oxygen atoms in total. The summed E-state index contributed by atoms with van der Waals surface area (Å²) in [5.41, 5.74) is 7.05. The summed E-state index contributed by atoms with van der Waals surface area (Å²) >= 11 is 5.91. The number of halogens is 1. The highest BCUT2D eigenvalue weighted by atomic mass is 35.5. The maximum Gasteiger partial charge on any atom is 0.196 e. The summed E-state index contributed by atoms with van der Waals surface area (Å²) in [6.45, 7) is 5.14. The maximum atomic E-state index is 6.00. The molecule has 1 aromatic rings. The highest BCUT2D eigenvalue weighted by Gasteiger charge is 2.37. The van der Waals surface area contributed by atoms with Crippen LogP contribution in [-0.4, -0.2) is 18.0 Å². The van der Waals surface area contributed by atoms with Crippen molar-refractivity contribution in [2.45, 2.75) is 32.2 Å². The van der Waals surface area contributed by atoms with Crippen LogP contribution in [0.1, 0.15) is 26.7 Å². The largest absolute Gasteiger partial charge is 0.369 e. The third-order valence-electron chi connectivity index (χ3n) is 3.22. The predicted octanol–water partition coefficient (Wildman–Crippen LogP) is 3.03. The number of benzene rings is 1. The van der Waals surface area contributed by atoms with E-state index >= 15 is 0 Å². The van der Waals surface area contributed by atoms with Crippen molar-refractivity contribution in [2.75, 3.05) is 11.4 Å². The van der Waals surface area contributed by atoms with Crippen LogP contribution in [0.15, 0.2) is 29.3 Å². The van der Waals surface area contributed by atoms with Gasteiger partial charge in [0.15, 0.2) is 5.96 Å². The topological polar surface area (TPSA) is 41.6 Å². The lowest BCUT2D eigenvalue weighted by Crippen LogP contribution is -2.49. The molecule has 0 saturated carbocycles. The molecule has 1 aromatic carbocycles. The van der Waals surface area contributed by atoms with Crippen molar-refractivity contribution in [3.05, 3.63) is 29.3 Å². The second-order valence-corrected chi connectivity index (χ2v) is 5.17. The van der Waals surface area contributed by atoms with Crippen LogP contribution < -0.4 is 10.6 Å². The third kappa shape index (κ3) is 2.25. The van der Waals surface area contributed by atoms with Gasteiger partial charge in [0, 0.05) is 10.7 Å². The molecule has 1 heterocycles. The van der Waals surface area contributed by atoms with Crippen molar-refractivity contribution in [1.29, 1.82) is 0 Å². The molecule has 1 aliphatic rings. The SMILES string of the molecule is CCCC1(C)CN=C(N)N1c1ccc(Cl)cc1. The van der Waals surface area contributed by atoms with Gasteiger partial charge in [0.2, 0.25) is 0 Å². The zero-order chi connectivity index (χ0) is 12.5. The van der Waals surface area contributed by atoms with E-state index in [1.807, 2.05) is 24.3 Å². The molecule has 0 radical (unpaired) electrons. The van der Waals surface area contributed by atoms with Crippen molar-refractivity contribution in [1.82, 2.24) is 0 Å². The van der Waals surface area contributed by atoms with Gasteiger partial charge in [-0.05, 0) is 37.6 Å². The number of aliphatic imine (C=N–C) groups is 1. The molecule has 1 unspecified atom stereocenters. The highest BCUT2D eigenvalue weighted by Crippen LogP contribution is 2.32. The van der Waals surface area contributed by atoms with Gasteiger partial charge in [-0.1, -0.05) is 24.9 Å². The van der Waals surface area contributed by atoms with Crippen LogP contribution in [0, 0.1) is 0 Å². The van der Waals surface area contributed by atoms with E-state index < -0.39 is 0 Å². The molecule has 0 fully saturated rings. The molecular weight excluding hydrogens is 234 g/mol. The predicted molar refractivity (Wildman–Crippen MR) is 73.7 cm³/mol. The minimum atomic E-state index is -0.00728. The van der Waals surface area contributed by atoms with Gasteiger partial charge in [0.25, 0.3) is 0 Å². The van der Waals surface area contributed by atoms with Crippen LogP contribution in [-0.2, 0) is 0 Å². The molecule has 0 spiro atoms. The minimum Gasteiger partial charge on any atom is -0.369 e. The Morgan fingerprint density at radius 3 is 2.65 bits per heavy atom. The Morgan fingerprint density at radius 1 is 1.41 bits per heavy atom. The average molecular weight is 252 g/mol. The van der Waals surface area contributed by atoms with E-state index in [1.54, 1.807) is 0 Å². The van der Waals surface area contributed by atoms with Gasteiger partial charge < -0.3 is 10.6 Å². The molecular formula is C13H18ClN3. The highest BCUT2D eigenvalue weighted by molar-refractivity contribution is 6.30. The van der Waals surface area contributed by atoms with Gasteiger partial charge in [-0.3, -0.25) is 4.99 Å². The summed E-state index contributed by atoms with van der Waals surface area (Å²) in [5.74, 6) is 0.600. The number of rotatable bonds is 3. The van der Waals surface area contributed by atoms with Crippen molar-refractivity contribution < 1.29 is 0 Å². The lowest BCUT2D eigenvalue weighted by atomic mass is 9.94. The fourth-order valence-corrected chi connectivity index (χ4v) is 2.56. The fourth-order valence-electron chi connectivity index (χ4n) is 2.43. The Hall–Kier alpha value is -1.22. The van der Waals surface area contributed by atoms with E-state index in [2.05, 4.69) is 23.7 Å². The zero-order valence-electron chi connectivity index (χ0n) is 10.3. The summed E-state index contributed by atoms with van der Waals surface area (Å²) in [6.07, 6.45) is 2.18. The lowest BCUT2D eigenvalue weighted by molar-refractivity contribution is 0.457. The molecule has 2 rings (SSSR count). The number of anilines is 1. The molecule has 1 aliphatic heterocycles.